The van der Waals surface area contributed by atoms with Crippen LogP contribution in [0.3, 0.4) is 0 Å². The molecule has 0 saturated carbocycles. The van der Waals surface area contributed by atoms with E-state index in [-0.39, 0.29) is 18.0 Å². The fraction of sp³-hybridized carbons (Fsp3) is 0.348. The molecular weight excluding hydrogens is 382 g/mol. The van der Waals surface area contributed by atoms with Gasteiger partial charge in [0.25, 0.3) is 5.19 Å². The molecule has 0 saturated heterocycles. The van der Waals surface area contributed by atoms with Gasteiger partial charge in [0.05, 0.1) is 6.42 Å². The van der Waals surface area contributed by atoms with E-state index in [1.54, 1.807) is 0 Å². The maximum atomic E-state index is 12.6. The van der Waals surface area contributed by atoms with Gasteiger partial charge in [0.1, 0.15) is 5.75 Å². The molecule has 0 aliphatic rings. The Labute approximate surface area is 176 Å². The molecule has 0 N–H and O–H groups in total. The fourth-order valence-electron chi connectivity index (χ4n) is 3.34. The number of benzene rings is 2. The minimum Gasteiger partial charge on any atom is -0.430 e. The maximum absolute atomic E-state index is 12.6. The molecule has 1 amide bonds. The molecule has 2 aromatic carbocycles. The minimum atomic E-state index is 0.137. The second kappa shape index (κ2) is 9.65. The monoisotopic (exact) mass is 409 g/mol. The van der Waals surface area contributed by atoms with E-state index in [0.717, 1.165) is 11.4 Å². The van der Waals surface area contributed by atoms with Gasteiger partial charge in [-0.25, -0.2) is 0 Å². The summed E-state index contributed by atoms with van der Waals surface area (Å²) >= 11 is 1.24. The van der Waals surface area contributed by atoms with Crippen molar-refractivity contribution in [2.45, 2.75) is 52.6 Å². The zero-order chi connectivity index (χ0) is 20.8. The second-order valence-electron chi connectivity index (χ2n) is 7.55. The van der Waals surface area contributed by atoms with E-state index < -0.39 is 0 Å². The lowest BCUT2D eigenvalue weighted by molar-refractivity contribution is -0.134. The Hall–Kier alpha value is -2.73. The predicted octanol–water partition coefficient (Wildman–Crippen LogP) is 5.11. The van der Waals surface area contributed by atoms with Crippen LogP contribution in [0.25, 0.3) is 0 Å². The first-order valence-electron chi connectivity index (χ1n) is 9.87. The quantitative estimate of drug-likeness (QED) is 0.519. The molecule has 29 heavy (non-hydrogen) atoms. The molecule has 0 fully saturated rings. The highest BCUT2D eigenvalue weighted by atomic mass is 32.1. The van der Waals surface area contributed by atoms with Gasteiger partial charge in [-0.1, -0.05) is 42.5 Å². The second-order valence-corrected chi connectivity index (χ2v) is 8.26. The number of ether oxygens (including phenoxy) is 1. The Morgan fingerprint density at radius 1 is 0.966 bits per heavy atom. The van der Waals surface area contributed by atoms with Gasteiger partial charge in [0.15, 0.2) is 5.82 Å². The van der Waals surface area contributed by atoms with Gasteiger partial charge in [-0.3, -0.25) is 4.79 Å². The van der Waals surface area contributed by atoms with Crippen LogP contribution in [-0.4, -0.2) is 32.2 Å². The lowest BCUT2D eigenvalue weighted by atomic mass is 10.1. The van der Waals surface area contributed by atoms with E-state index >= 15 is 0 Å². The van der Waals surface area contributed by atoms with Crippen LogP contribution in [0.2, 0.25) is 0 Å². The number of amides is 1. The third-order valence-electron chi connectivity index (χ3n) is 4.54. The summed E-state index contributed by atoms with van der Waals surface area (Å²) in [4.78, 5) is 19.0. The highest BCUT2D eigenvalue weighted by molar-refractivity contribution is 7.07. The topological polar surface area (TPSA) is 55.3 Å². The van der Waals surface area contributed by atoms with Crippen molar-refractivity contribution < 1.29 is 9.53 Å². The molecular formula is C23H27N3O2S. The van der Waals surface area contributed by atoms with Crippen LogP contribution >= 0.6 is 11.5 Å². The van der Waals surface area contributed by atoms with Crippen LogP contribution in [0.1, 0.15) is 44.6 Å². The van der Waals surface area contributed by atoms with Crippen molar-refractivity contribution in [1.82, 2.24) is 14.3 Å². The molecule has 0 bridgehead atoms. The van der Waals surface area contributed by atoms with Crippen LogP contribution in [0, 0.1) is 0 Å². The van der Waals surface area contributed by atoms with Crippen LogP contribution < -0.4 is 4.74 Å². The summed E-state index contributed by atoms with van der Waals surface area (Å²) in [5.41, 5.74) is 2.14. The van der Waals surface area contributed by atoms with Crippen molar-refractivity contribution >= 4 is 17.4 Å². The van der Waals surface area contributed by atoms with Gasteiger partial charge < -0.3 is 9.64 Å². The van der Waals surface area contributed by atoms with E-state index in [9.17, 15) is 4.79 Å². The number of nitrogens with zero attached hydrogens (tertiary/aromatic N) is 3. The van der Waals surface area contributed by atoms with Crippen LogP contribution in [0.15, 0.2) is 54.6 Å². The first-order chi connectivity index (χ1) is 13.9. The highest BCUT2D eigenvalue weighted by Gasteiger charge is 2.20. The van der Waals surface area contributed by atoms with Crippen LogP contribution in [0.5, 0.6) is 10.9 Å². The van der Waals surface area contributed by atoms with Crippen molar-refractivity contribution in [3.63, 3.8) is 0 Å². The normalized spacial score (nSPS) is 11.1. The van der Waals surface area contributed by atoms with Crippen LogP contribution in [0.4, 0.5) is 0 Å². The lowest BCUT2D eigenvalue weighted by Gasteiger charge is -2.30. The average molecular weight is 410 g/mol. The number of hydrogen-bond acceptors (Lipinski definition) is 5. The van der Waals surface area contributed by atoms with E-state index in [1.807, 2.05) is 75.1 Å². The summed E-state index contributed by atoms with van der Waals surface area (Å²) in [6.07, 6.45) is 1.07. The predicted molar refractivity (Wildman–Crippen MR) is 116 cm³/mol. The smallest absolute Gasteiger partial charge is 0.298 e. The van der Waals surface area contributed by atoms with Gasteiger partial charge in [-0.05, 0) is 51.0 Å². The van der Waals surface area contributed by atoms with Gasteiger partial charge in [-0.2, -0.15) is 9.36 Å². The number of carbonyl (C=O) groups excluding carboxylic acids is 1. The number of aromatic nitrogens is 2. The molecule has 0 unspecified atom stereocenters. The summed E-state index contributed by atoms with van der Waals surface area (Å²) in [5.74, 6) is 1.58. The Kier molecular flexibility index (Phi) is 6.99. The van der Waals surface area contributed by atoms with Gasteiger partial charge in [0, 0.05) is 30.0 Å². The summed E-state index contributed by atoms with van der Waals surface area (Å²) in [7, 11) is 0. The summed E-state index contributed by atoms with van der Waals surface area (Å²) in [5, 5.41) is 0.519. The molecule has 0 radical (unpaired) electrons. The van der Waals surface area contributed by atoms with Crippen molar-refractivity contribution in [3.05, 3.63) is 71.5 Å². The first-order valence-corrected chi connectivity index (χ1v) is 10.6. The van der Waals surface area contributed by atoms with E-state index in [0.29, 0.717) is 23.8 Å². The van der Waals surface area contributed by atoms with Gasteiger partial charge in [0.2, 0.25) is 5.91 Å². The number of carbonyl (C=O) groups is 1. The maximum Gasteiger partial charge on any atom is 0.298 e. The minimum absolute atomic E-state index is 0.137. The zero-order valence-corrected chi connectivity index (χ0v) is 18.1. The Morgan fingerprint density at radius 2 is 1.62 bits per heavy atom. The van der Waals surface area contributed by atoms with Crippen LogP contribution in [-0.2, 0) is 17.6 Å². The van der Waals surface area contributed by atoms with Gasteiger partial charge in [-0.15, -0.1) is 0 Å². The Balaban J connectivity index is 1.59. The van der Waals surface area contributed by atoms with Gasteiger partial charge >= 0.3 is 0 Å². The molecule has 3 aromatic rings. The molecule has 0 atom stereocenters. The highest BCUT2D eigenvalue weighted by Crippen LogP contribution is 2.24. The molecule has 0 aliphatic heterocycles. The van der Waals surface area contributed by atoms with Crippen molar-refractivity contribution in [2.75, 3.05) is 0 Å². The third kappa shape index (κ3) is 5.87. The average Bonchev–Trinajstić information content (AvgIpc) is 3.10. The molecule has 1 heterocycles. The largest absolute Gasteiger partial charge is 0.430 e. The number of rotatable bonds is 8. The molecule has 5 nitrogen and oxygen atoms in total. The molecule has 152 valence electrons. The summed E-state index contributed by atoms with van der Waals surface area (Å²) in [6, 6.07) is 18.1. The van der Waals surface area contributed by atoms with E-state index in [1.165, 1.54) is 17.1 Å². The van der Waals surface area contributed by atoms with Crippen molar-refractivity contribution in [3.8, 4) is 10.9 Å². The zero-order valence-electron chi connectivity index (χ0n) is 17.3. The van der Waals surface area contributed by atoms with E-state index in [2.05, 4.69) is 21.5 Å². The molecule has 3 rings (SSSR count). The molecule has 6 heteroatoms. The Bertz CT molecular complexity index is 913. The standard InChI is InChI=1S/C23H27N3O2S/c1-16(2)26(17(3)4)22(27)15-19-10-12-20(13-11-19)28-23-24-21(25-29-23)14-18-8-6-5-7-9-18/h5-13,16-17H,14-15H2,1-4H3. The number of hydrogen-bond donors (Lipinski definition) is 0. The SMILES string of the molecule is CC(C)N(C(=O)Cc1ccc(Oc2nc(Cc3ccccc3)ns2)cc1)C(C)C. The molecule has 1 aromatic heterocycles. The van der Waals surface area contributed by atoms with Crippen molar-refractivity contribution in [1.29, 1.82) is 0 Å². The molecule has 0 spiro atoms. The third-order valence-corrected chi connectivity index (χ3v) is 5.17. The first kappa shape index (κ1) is 21.0. The Morgan fingerprint density at radius 3 is 2.24 bits per heavy atom. The summed E-state index contributed by atoms with van der Waals surface area (Å²) < 4.78 is 10.2. The molecule has 0 aliphatic carbocycles. The lowest BCUT2D eigenvalue weighted by Crippen LogP contribution is -2.42. The van der Waals surface area contributed by atoms with Crippen molar-refractivity contribution in [2.24, 2.45) is 0 Å². The van der Waals surface area contributed by atoms with E-state index in [4.69, 9.17) is 4.74 Å². The fourth-order valence-corrected chi connectivity index (χ4v) is 3.91. The summed E-state index contributed by atoms with van der Waals surface area (Å²) in [6.45, 7) is 8.18.